The predicted molar refractivity (Wildman–Crippen MR) is 100 cm³/mol. The summed E-state index contributed by atoms with van der Waals surface area (Å²) in [6.07, 6.45) is 3.10. The number of hydrogen-bond donors (Lipinski definition) is 2. The highest BCUT2D eigenvalue weighted by molar-refractivity contribution is 7.90. The Balaban J connectivity index is 2.06. The van der Waals surface area contributed by atoms with Crippen molar-refractivity contribution in [3.63, 3.8) is 0 Å². The summed E-state index contributed by atoms with van der Waals surface area (Å²) in [7, 11) is -3.41. The molecule has 0 aliphatic rings. The Morgan fingerprint density at radius 3 is 2.62 bits per heavy atom. The largest absolute Gasteiger partial charge is 0.343 e. The molecule has 0 bridgehead atoms. The summed E-state index contributed by atoms with van der Waals surface area (Å²) in [4.78, 5) is 24.5. The number of H-pyrrole nitrogens is 1. The van der Waals surface area contributed by atoms with E-state index in [0.29, 0.717) is 23.4 Å². The SMILES string of the molecule is CCc1ccc(S(C)(=O)=O)cc1C(=O)Nc1ncnc2[nH]c(C)c(C)c12. The van der Waals surface area contributed by atoms with Gasteiger partial charge in [-0.15, -0.1) is 0 Å². The molecule has 0 aliphatic heterocycles. The fourth-order valence-corrected chi connectivity index (χ4v) is 3.52. The summed E-state index contributed by atoms with van der Waals surface area (Å²) in [6, 6.07) is 4.61. The summed E-state index contributed by atoms with van der Waals surface area (Å²) < 4.78 is 23.7. The van der Waals surface area contributed by atoms with Crippen LogP contribution < -0.4 is 5.32 Å². The van der Waals surface area contributed by atoms with Crippen LogP contribution in [-0.4, -0.2) is 35.5 Å². The first-order chi connectivity index (χ1) is 12.2. The molecule has 3 aromatic rings. The molecule has 1 aromatic carbocycles. The molecular weight excluding hydrogens is 352 g/mol. The zero-order valence-electron chi connectivity index (χ0n) is 15.0. The molecule has 0 saturated heterocycles. The molecule has 0 fully saturated rings. The highest BCUT2D eigenvalue weighted by atomic mass is 32.2. The van der Waals surface area contributed by atoms with Crippen molar-refractivity contribution in [2.45, 2.75) is 32.1 Å². The Bertz CT molecular complexity index is 1120. The van der Waals surface area contributed by atoms with Crippen LogP contribution in [0.15, 0.2) is 29.4 Å². The van der Waals surface area contributed by atoms with E-state index in [1.807, 2.05) is 20.8 Å². The summed E-state index contributed by atoms with van der Waals surface area (Å²) >= 11 is 0. The molecule has 0 unspecified atom stereocenters. The van der Waals surface area contributed by atoms with E-state index in [2.05, 4.69) is 20.3 Å². The first kappa shape index (κ1) is 18.1. The first-order valence-corrected chi connectivity index (χ1v) is 10.1. The Morgan fingerprint density at radius 1 is 1.23 bits per heavy atom. The summed E-state index contributed by atoms with van der Waals surface area (Å²) in [6.45, 7) is 5.76. The van der Waals surface area contributed by atoms with Gasteiger partial charge in [-0.3, -0.25) is 4.79 Å². The minimum atomic E-state index is -3.41. The molecule has 2 N–H and O–H groups in total. The van der Waals surface area contributed by atoms with E-state index < -0.39 is 15.7 Å². The highest BCUT2D eigenvalue weighted by Gasteiger charge is 2.18. The number of fused-ring (bicyclic) bond motifs is 1. The zero-order chi connectivity index (χ0) is 19.1. The third-order valence-corrected chi connectivity index (χ3v) is 5.57. The van der Waals surface area contributed by atoms with E-state index >= 15 is 0 Å². The second-order valence-corrected chi connectivity index (χ2v) is 8.24. The number of benzene rings is 1. The predicted octanol–water partition coefficient (Wildman–Crippen LogP) is 2.79. The van der Waals surface area contributed by atoms with Gasteiger partial charge in [-0.05, 0) is 43.5 Å². The number of aromatic amines is 1. The van der Waals surface area contributed by atoms with Gasteiger partial charge in [0.2, 0.25) is 0 Å². The van der Waals surface area contributed by atoms with Crippen molar-refractivity contribution in [2.24, 2.45) is 0 Å². The van der Waals surface area contributed by atoms with Crippen LogP contribution in [0.2, 0.25) is 0 Å². The fourth-order valence-electron chi connectivity index (χ4n) is 2.87. The number of aromatic nitrogens is 3. The van der Waals surface area contributed by atoms with Crippen LogP contribution in [0.1, 0.15) is 34.1 Å². The smallest absolute Gasteiger partial charge is 0.257 e. The number of anilines is 1. The van der Waals surface area contributed by atoms with Crippen LogP contribution in [0.4, 0.5) is 5.82 Å². The van der Waals surface area contributed by atoms with Crippen molar-refractivity contribution < 1.29 is 13.2 Å². The first-order valence-electron chi connectivity index (χ1n) is 8.16. The fraction of sp³-hybridized carbons (Fsp3) is 0.278. The minimum Gasteiger partial charge on any atom is -0.343 e. The van der Waals surface area contributed by atoms with E-state index in [1.54, 1.807) is 6.07 Å². The monoisotopic (exact) mass is 372 g/mol. The number of carbonyl (C=O) groups is 1. The van der Waals surface area contributed by atoms with Crippen molar-refractivity contribution in [3.05, 3.63) is 46.9 Å². The van der Waals surface area contributed by atoms with Crippen molar-refractivity contribution in [1.82, 2.24) is 15.0 Å². The number of nitrogens with zero attached hydrogens (tertiary/aromatic N) is 2. The molecule has 2 heterocycles. The average molecular weight is 372 g/mol. The number of rotatable bonds is 4. The maximum atomic E-state index is 12.9. The topological polar surface area (TPSA) is 105 Å². The Morgan fingerprint density at radius 2 is 1.96 bits per heavy atom. The molecule has 7 nitrogen and oxygen atoms in total. The Labute approximate surface area is 151 Å². The van der Waals surface area contributed by atoms with E-state index in [9.17, 15) is 13.2 Å². The van der Waals surface area contributed by atoms with Crippen LogP contribution in [-0.2, 0) is 16.3 Å². The molecule has 2 aromatic heterocycles. The van der Waals surface area contributed by atoms with Gasteiger partial charge in [0.1, 0.15) is 17.8 Å². The van der Waals surface area contributed by atoms with Gasteiger partial charge < -0.3 is 10.3 Å². The molecule has 0 aliphatic carbocycles. The van der Waals surface area contributed by atoms with Gasteiger partial charge in [-0.25, -0.2) is 18.4 Å². The normalized spacial score (nSPS) is 11.7. The number of carbonyl (C=O) groups excluding carboxylic acids is 1. The lowest BCUT2D eigenvalue weighted by Gasteiger charge is -2.11. The van der Waals surface area contributed by atoms with Crippen molar-refractivity contribution >= 4 is 32.6 Å². The van der Waals surface area contributed by atoms with E-state index in [-0.39, 0.29) is 4.90 Å². The van der Waals surface area contributed by atoms with Gasteiger partial charge in [0, 0.05) is 17.5 Å². The van der Waals surface area contributed by atoms with Crippen molar-refractivity contribution in [3.8, 4) is 0 Å². The second kappa shape index (κ2) is 6.53. The molecule has 0 radical (unpaired) electrons. The lowest BCUT2D eigenvalue weighted by Crippen LogP contribution is -2.16. The Hall–Kier alpha value is -2.74. The molecule has 1 amide bonds. The second-order valence-electron chi connectivity index (χ2n) is 6.22. The summed E-state index contributed by atoms with van der Waals surface area (Å²) in [5.74, 6) is -0.000681. The van der Waals surface area contributed by atoms with Gasteiger partial charge in [-0.2, -0.15) is 0 Å². The molecular formula is C18H20N4O3S. The number of hydrogen-bond acceptors (Lipinski definition) is 5. The molecule has 26 heavy (non-hydrogen) atoms. The van der Waals surface area contributed by atoms with Crippen LogP contribution >= 0.6 is 0 Å². The third kappa shape index (κ3) is 3.20. The number of sulfone groups is 1. The maximum absolute atomic E-state index is 12.9. The minimum absolute atomic E-state index is 0.112. The number of aryl methyl sites for hydroxylation is 3. The average Bonchev–Trinajstić information content (AvgIpc) is 2.88. The van der Waals surface area contributed by atoms with E-state index in [0.717, 1.165) is 28.5 Å². The summed E-state index contributed by atoms with van der Waals surface area (Å²) in [5, 5.41) is 3.55. The summed E-state index contributed by atoms with van der Waals surface area (Å²) in [5.41, 5.74) is 3.64. The lowest BCUT2D eigenvalue weighted by molar-refractivity contribution is 0.102. The Kier molecular flexibility index (Phi) is 4.53. The maximum Gasteiger partial charge on any atom is 0.257 e. The van der Waals surface area contributed by atoms with Gasteiger partial charge in [0.15, 0.2) is 9.84 Å². The number of amides is 1. The lowest BCUT2D eigenvalue weighted by atomic mass is 10.0. The molecule has 0 spiro atoms. The van der Waals surface area contributed by atoms with Crippen LogP contribution in [0.25, 0.3) is 11.0 Å². The van der Waals surface area contributed by atoms with Crippen LogP contribution in [0.3, 0.4) is 0 Å². The van der Waals surface area contributed by atoms with E-state index in [1.165, 1.54) is 18.5 Å². The van der Waals surface area contributed by atoms with Gasteiger partial charge in [0.05, 0.1) is 10.3 Å². The molecule has 3 rings (SSSR count). The van der Waals surface area contributed by atoms with E-state index in [4.69, 9.17) is 0 Å². The quantitative estimate of drug-likeness (QED) is 0.733. The van der Waals surface area contributed by atoms with Gasteiger partial charge >= 0.3 is 0 Å². The van der Waals surface area contributed by atoms with Gasteiger partial charge in [0.25, 0.3) is 5.91 Å². The number of nitrogens with one attached hydrogen (secondary N) is 2. The zero-order valence-corrected chi connectivity index (χ0v) is 15.9. The van der Waals surface area contributed by atoms with Crippen LogP contribution in [0, 0.1) is 13.8 Å². The highest BCUT2D eigenvalue weighted by Crippen LogP contribution is 2.26. The van der Waals surface area contributed by atoms with Crippen LogP contribution in [0.5, 0.6) is 0 Å². The molecule has 0 saturated carbocycles. The molecule has 8 heteroatoms. The van der Waals surface area contributed by atoms with Crippen molar-refractivity contribution in [1.29, 1.82) is 0 Å². The standard InChI is InChI=1S/C18H20N4O3S/c1-5-12-6-7-13(26(4,24)25)8-14(12)18(23)22-17-15-10(2)11(3)21-16(15)19-9-20-17/h6-9H,5H2,1-4H3,(H2,19,20,21,22,23). The third-order valence-electron chi connectivity index (χ3n) is 4.46. The molecule has 0 atom stereocenters. The van der Waals surface area contributed by atoms with Crippen molar-refractivity contribution in [2.75, 3.05) is 11.6 Å². The molecule has 136 valence electrons. The van der Waals surface area contributed by atoms with Gasteiger partial charge in [-0.1, -0.05) is 13.0 Å².